The Hall–Kier alpha value is -4.08. The van der Waals surface area contributed by atoms with Gasteiger partial charge in [-0.3, -0.25) is 0 Å². The molecule has 0 fully saturated rings. The number of carbonyl (C=O) groups is 3. The van der Waals surface area contributed by atoms with Gasteiger partial charge in [-0.1, -0.05) is 24.8 Å². The number of hydrogen-bond acceptors (Lipinski definition) is 3. The molecule has 6 rings (SSSR count). The molecule has 3 aliphatic rings. The van der Waals surface area contributed by atoms with Crippen LogP contribution in [0.5, 0.6) is 0 Å². The van der Waals surface area contributed by atoms with Gasteiger partial charge in [-0.05, 0) is 98.5 Å². The number of benzene rings is 3. The van der Waals surface area contributed by atoms with Crippen LogP contribution in [-0.2, 0) is 21.7 Å². The van der Waals surface area contributed by atoms with Crippen molar-refractivity contribution in [3.05, 3.63) is 136 Å². The van der Waals surface area contributed by atoms with E-state index in [0.29, 0.717) is 0 Å². The zero-order valence-corrected chi connectivity index (χ0v) is 25.4. The molecule has 0 bridgehead atoms. The minimum absolute atomic E-state index is 0. The molecule has 0 amide bonds. The van der Waals surface area contributed by atoms with Gasteiger partial charge in [0.25, 0.3) is 0 Å². The summed E-state index contributed by atoms with van der Waals surface area (Å²) in [4.78, 5) is 30.6. The van der Waals surface area contributed by atoms with Gasteiger partial charge in [0.15, 0.2) is 0 Å². The van der Waals surface area contributed by atoms with Crippen LogP contribution in [-0.4, -0.2) is 33.2 Å². The van der Waals surface area contributed by atoms with E-state index in [1.54, 1.807) is 22.3 Å². The van der Waals surface area contributed by atoms with E-state index in [2.05, 4.69) is 6.42 Å². The van der Waals surface area contributed by atoms with Crippen LogP contribution in [0.3, 0.4) is 0 Å². The van der Waals surface area contributed by atoms with Gasteiger partial charge in [-0.2, -0.15) is 5.57 Å². The predicted octanol–water partition coefficient (Wildman–Crippen LogP) is 8.51. The van der Waals surface area contributed by atoms with Gasteiger partial charge < -0.3 is 15.3 Å². The summed E-state index contributed by atoms with van der Waals surface area (Å²) in [7, 11) is 0. The molecule has 0 unspecified atom stereocenters. The van der Waals surface area contributed by atoms with Crippen molar-refractivity contribution < 1.29 is 64.6 Å². The SMILES string of the molecule is O=C(O)c1ccc(F)cc1.O=C(O)c1ccc(F)cc1.O=C(O)c1ccc(F)cc1.[CH-]1CCCC2=C1CC1=C2CCCC1.[Ti]. The molecule has 10 heteroatoms. The Balaban J connectivity index is 0.000000205. The standard InChI is InChI=1S/C13H17.3C7H5FO2.Ti/c1-3-7-12-10(5-1)9-11-6-2-4-8-13(11)12;3*8-6-3-1-5(2-4-6)7(9)10;/h5H,1-4,6-9H2;3*1-4H,(H,9,10);/q-1;;;;. The number of halogens is 3. The first kappa shape index (κ1) is 36.1. The molecule has 0 radical (unpaired) electrons. The van der Waals surface area contributed by atoms with Gasteiger partial charge in [0.05, 0.1) is 16.7 Å². The first-order chi connectivity index (χ1) is 20.5. The maximum Gasteiger partial charge on any atom is 0.335 e. The maximum atomic E-state index is 12.2. The van der Waals surface area contributed by atoms with Gasteiger partial charge in [0.2, 0.25) is 0 Å². The van der Waals surface area contributed by atoms with Crippen LogP contribution >= 0.6 is 0 Å². The molecule has 0 aliphatic heterocycles. The van der Waals surface area contributed by atoms with Crippen molar-refractivity contribution in [2.75, 3.05) is 0 Å². The minimum atomic E-state index is -1.04. The average molecular weight is 641 g/mol. The summed E-state index contributed by atoms with van der Waals surface area (Å²) in [6.07, 6.45) is 13.6. The number of allylic oxidation sites excluding steroid dienone is 4. The summed E-state index contributed by atoms with van der Waals surface area (Å²) in [6, 6.07) is 14.0. The van der Waals surface area contributed by atoms with E-state index >= 15 is 0 Å². The van der Waals surface area contributed by atoms with E-state index in [-0.39, 0.29) is 38.4 Å². The smallest absolute Gasteiger partial charge is 0.335 e. The Morgan fingerprint density at radius 1 is 0.545 bits per heavy atom. The van der Waals surface area contributed by atoms with Gasteiger partial charge >= 0.3 is 17.9 Å². The summed E-state index contributed by atoms with van der Waals surface area (Å²) >= 11 is 0. The van der Waals surface area contributed by atoms with Crippen molar-refractivity contribution in [3.63, 3.8) is 0 Å². The van der Waals surface area contributed by atoms with E-state index in [0.717, 1.165) is 36.4 Å². The molecule has 0 spiro atoms. The molecule has 230 valence electrons. The number of aromatic carboxylic acids is 3. The summed E-state index contributed by atoms with van der Waals surface area (Å²) in [6.45, 7) is 0. The van der Waals surface area contributed by atoms with Gasteiger partial charge in [-0.15, -0.1) is 12.0 Å². The molecule has 3 aromatic carbocycles. The second-order valence-corrected chi connectivity index (χ2v) is 10.0. The molecule has 6 nitrogen and oxygen atoms in total. The van der Waals surface area contributed by atoms with Crippen LogP contribution in [0.15, 0.2) is 95.1 Å². The molecule has 0 heterocycles. The zero-order valence-electron chi connectivity index (χ0n) is 23.9. The fourth-order valence-corrected chi connectivity index (χ4v) is 4.90. The zero-order chi connectivity index (χ0) is 31.4. The molecule has 0 atom stereocenters. The van der Waals surface area contributed by atoms with E-state index in [1.807, 2.05) is 0 Å². The van der Waals surface area contributed by atoms with Crippen LogP contribution in [0.2, 0.25) is 0 Å². The second-order valence-electron chi connectivity index (χ2n) is 10.0. The van der Waals surface area contributed by atoms with E-state index in [9.17, 15) is 27.6 Å². The molecule has 3 aromatic rings. The molecule has 3 N–H and O–H groups in total. The number of carboxylic acid groups (broad SMARTS) is 3. The summed E-state index contributed by atoms with van der Waals surface area (Å²) in [5.41, 5.74) is 7.36. The van der Waals surface area contributed by atoms with Crippen LogP contribution in [0, 0.1) is 23.9 Å². The normalized spacial score (nSPS) is 14.3. The number of fused-ring (bicyclic) bond motifs is 1. The Labute approximate surface area is 268 Å². The molecular formula is C34H32F3O6Ti-. The van der Waals surface area contributed by atoms with Crippen molar-refractivity contribution in [2.24, 2.45) is 0 Å². The Morgan fingerprint density at radius 3 is 1.30 bits per heavy atom. The predicted molar refractivity (Wildman–Crippen MR) is 155 cm³/mol. The van der Waals surface area contributed by atoms with Crippen LogP contribution in [0.25, 0.3) is 0 Å². The largest absolute Gasteiger partial charge is 0.478 e. The molecule has 44 heavy (non-hydrogen) atoms. The van der Waals surface area contributed by atoms with Crippen molar-refractivity contribution in [1.82, 2.24) is 0 Å². The third-order valence-corrected chi connectivity index (χ3v) is 7.03. The summed E-state index contributed by atoms with van der Waals surface area (Å²) < 4.78 is 36.5. The van der Waals surface area contributed by atoms with Crippen LogP contribution in [0.4, 0.5) is 13.2 Å². The molecule has 0 saturated carbocycles. The fraction of sp³-hybridized carbons (Fsp3) is 0.235. The van der Waals surface area contributed by atoms with Crippen LogP contribution < -0.4 is 0 Å². The second kappa shape index (κ2) is 17.9. The van der Waals surface area contributed by atoms with Gasteiger partial charge in [-0.25, -0.2) is 39.5 Å². The van der Waals surface area contributed by atoms with E-state index < -0.39 is 35.4 Å². The average Bonchev–Trinajstić information content (AvgIpc) is 3.38. The van der Waals surface area contributed by atoms with Crippen molar-refractivity contribution in [2.45, 2.75) is 51.4 Å². The van der Waals surface area contributed by atoms with Crippen LogP contribution in [0.1, 0.15) is 82.4 Å². The topological polar surface area (TPSA) is 112 Å². The van der Waals surface area contributed by atoms with Crippen molar-refractivity contribution in [1.29, 1.82) is 0 Å². The number of rotatable bonds is 3. The Kier molecular flexibility index (Phi) is 14.7. The summed E-state index contributed by atoms with van der Waals surface area (Å²) in [5.74, 6) is -4.40. The maximum absolute atomic E-state index is 12.2. The number of hydrogen-bond donors (Lipinski definition) is 3. The van der Waals surface area contributed by atoms with E-state index in [4.69, 9.17) is 15.3 Å². The third-order valence-electron chi connectivity index (χ3n) is 7.03. The first-order valence-electron chi connectivity index (χ1n) is 13.8. The van der Waals surface area contributed by atoms with Gasteiger partial charge in [0, 0.05) is 21.7 Å². The fourth-order valence-electron chi connectivity index (χ4n) is 4.90. The molecule has 0 aromatic heterocycles. The minimum Gasteiger partial charge on any atom is -0.478 e. The Morgan fingerprint density at radius 2 is 0.909 bits per heavy atom. The third kappa shape index (κ3) is 11.2. The van der Waals surface area contributed by atoms with Crippen molar-refractivity contribution in [3.8, 4) is 0 Å². The quantitative estimate of drug-likeness (QED) is 0.195. The monoisotopic (exact) mass is 641 g/mol. The molecular weight excluding hydrogens is 609 g/mol. The van der Waals surface area contributed by atoms with Gasteiger partial charge in [0.1, 0.15) is 17.5 Å². The van der Waals surface area contributed by atoms with Crippen molar-refractivity contribution >= 4 is 17.9 Å². The Bertz CT molecular complexity index is 1320. The first-order valence-corrected chi connectivity index (χ1v) is 13.8. The summed E-state index contributed by atoms with van der Waals surface area (Å²) in [5, 5.41) is 25.1. The van der Waals surface area contributed by atoms with E-state index in [1.165, 1.54) is 87.8 Å². The number of carboxylic acids is 3. The molecule has 0 saturated heterocycles. The molecule has 3 aliphatic carbocycles.